The van der Waals surface area contributed by atoms with E-state index in [0.29, 0.717) is 19.1 Å². The number of amides is 1. The summed E-state index contributed by atoms with van der Waals surface area (Å²) in [5, 5.41) is 8.02. The van der Waals surface area contributed by atoms with Crippen molar-refractivity contribution in [3.63, 3.8) is 0 Å². The Morgan fingerprint density at radius 2 is 2.44 bits per heavy atom. The van der Waals surface area contributed by atoms with Crippen LogP contribution in [0.3, 0.4) is 0 Å². The fraction of sp³-hybridized carbons (Fsp3) is 0.636. The third-order valence-electron chi connectivity index (χ3n) is 2.41. The zero-order valence-electron chi connectivity index (χ0n) is 9.82. The van der Waals surface area contributed by atoms with Crippen molar-refractivity contribution >= 4 is 17.2 Å². The number of hydrogen-bond donors (Lipinski definition) is 2. The topological polar surface area (TPSA) is 54.0 Å². The number of nitrogens with zero attached hydrogens (tertiary/aromatic N) is 1. The molecule has 0 saturated carbocycles. The Labute approximate surface area is 100 Å². The highest BCUT2D eigenvalue weighted by molar-refractivity contribution is 7.07. The molecule has 90 valence electrons. The van der Waals surface area contributed by atoms with Crippen LogP contribution in [0.1, 0.15) is 26.0 Å². The average molecular weight is 241 g/mol. The molecule has 4 nitrogen and oxygen atoms in total. The van der Waals surface area contributed by atoms with Gasteiger partial charge in [-0.1, -0.05) is 6.92 Å². The second-order valence-corrected chi connectivity index (χ2v) is 4.49. The molecule has 1 heterocycles. The summed E-state index contributed by atoms with van der Waals surface area (Å²) in [5.41, 5.74) is 2.85. The molecule has 1 atom stereocenters. The largest absolute Gasteiger partial charge is 0.355 e. The fourth-order valence-electron chi connectivity index (χ4n) is 1.16. The van der Waals surface area contributed by atoms with E-state index >= 15 is 0 Å². The predicted octanol–water partition coefficient (Wildman–Crippen LogP) is 1.19. The Kier molecular flexibility index (Phi) is 6.03. The van der Waals surface area contributed by atoms with E-state index in [2.05, 4.69) is 29.5 Å². The second-order valence-electron chi connectivity index (χ2n) is 3.77. The van der Waals surface area contributed by atoms with Crippen molar-refractivity contribution in [2.75, 3.05) is 13.1 Å². The molecular formula is C11H19N3OS. The van der Waals surface area contributed by atoms with Gasteiger partial charge in [-0.05, 0) is 13.3 Å². The molecule has 0 fully saturated rings. The molecule has 1 unspecified atom stereocenters. The van der Waals surface area contributed by atoms with E-state index in [0.717, 1.165) is 18.5 Å². The van der Waals surface area contributed by atoms with Crippen LogP contribution in [0.2, 0.25) is 0 Å². The monoisotopic (exact) mass is 241 g/mol. The van der Waals surface area contributed by atoms with E-state index in [1.54, 1.807) is 11.3 Å². The van der Waals surface area contributed by atoms with E-state index in [1.165, 1.54) is 0 Å². The Balaban J connectivity index is 2.06. The number of thiazole rings is 1. The molecule has 1 rings (SSSR count). The van der Waals surface area contributed by atoms with Gasteiger partial charge in [0.05, 0.1) is 17.7 Å². The molecule has 5 heteroatoms. The van der Waals surface area contributed by atoms with Crippen molar-refractivity contribution in [3.05, 3.63) is 16.6 Å². The Morgan fingerprint density at radius 1 is 1.62 bits per heavy atom. The molecule has 0 aliphatic heterocycles. The van der Waals surface area contributed by atoms with Crippen LogP contribution in [0.25, 0.3) is 0 Å². The van der Waals surface area contributed by atoms with Gasteiger partial charge in [-0.2, -0.15) is 0 Å². The van der Waals surface area contributed by atoms with Crippen molar-refractivity contribution < 1.29 is 4.79 Å². The highest BCUT2D eigenvalue weighted by Crippen LogP contribution is 2.00. The van der Waals surface area contributed by atoms with Gasteiger partial charge in [0, 0.05) is 24.4 Å². The van der Waals surface area contributed by atoms with Crippen LogP contribution >= 0.6 is 11.3 Å². The van der Waals surface area contributed by atoms with E-state index in [1.807, 2.05) is 10.9 Å². The summed E-state index contributed by atoms with van der Waals surface area (Å²) in [6.45, 7) is 5.22. The highest BCUT2D eigenvalue weighted by Gasteiger charge is 2.03. The average Bonchev–Trinajstić information content (AvgIpc) is 2.79. The predicted molar refractivity (Wildman–Crippen MR) is 66.6 cm³/mol. The summed E-state index contributed by atoms with van der Waals surface area (Å²) < 4.78 is 0. The van der Waals surface area contributed by atoms with Crippen LogP contribution in [-0.4, -0.2) is 30.0 Å². The molecule has 1 amide bonds. The number of nitrogens with one attached hydrogen (secondary N) is 2. The molecule has 0 aliphatic rings. The minimum Gasteiger partial charge on any atom is -0.355 e. The number of rotatable bonds is 7. The Bertz CT molecular complexity index is 300. The molecule has 0 saturated heterocycles. The smallest absolute Gasteiger partial charge is 0.233 e. The molecule has 0 aliphatic carbocycles. The first kappa shape index (κ1) is 13.1. The van der Waals surface area contributed by atoms with Gasteiger partial charge in [-0.3, -0.25) is 4.79 Å². The Morgan fingerprint density at radius 3 is 3.06 bits per heavy atom. The van der Waals surface area contributed by atoms with Crippen molar-refractivity contribution in [3.8, 4) is 0 Å². The molecule has 0 radical (unpaired) electrons. The highest BCUT2D eigenvalue weighted by atomic mass is 32.1. The van der Waals surface area contributed by atoms with Gasteiger partial charge >= 0.3 is 0 Å². The van der Waals surface area contributed by atoms with Gasteiger partial charge in [0.15, 0.2) is 0 Å². The molecule has 16 heavy (non-hydrogen) atoms. The lowest BCUT2D eigenvalue weighted by Gasteiger charge is -2.10. The summed E-state index contributed by atoms with van der Waals surface area (Å²) in [7, 11) is 0. The van der Waals surface area contributed by atoms with E-state index in [4.69, 9.17) is 0 Å². The van der Waals surface area contributed by atoms with Gasteiger partial charge in [-0.25, -0.2) is 4.98 Å². The summed E-state index contributed by atoms with van der Waals surface area (Å²) in [4.78, 5) is 15.6. The summed E-state index contributed by atoms with van der Waals surface area (Å²) in [6.07, 6.45) is 1.84. The zero-order chi connectivity index (χ0) is 11.8. The van der Waals surface area contributed by atoms with Gasteiger partial charge < -0.3 is 10.6 Å². The van der Waals surface area contributed by atoms with E-state index < -0.39 is 0 Å². The number of aromatic nitrogens is 1. The minimum absolute atomic E-state index is 0.0514. The first-order valence-corrected chi connectivity index (χ1v) is 6.53. The number of hydrogen-bond acceptors (Lipinski definition) is 4. The minimum atomic E-state index is 0.0514. The Hall–Kier alpha value is -0.940. The molecule has 2 N–H and O–H groups in total. The summed E-state index contributed by atoms with van der Waals surface area (Å²) >= 11 is 1.58. The van der Waals surface area contributed by atoms with Crippen LogP contribution < -0.4 is 10.6 Å². The van der Waals surface area contributed by atoms with Gasteiger partial charge in [0.2, 0.25) is 5.91 Å². The molecule has 0 bridgehead atoms. The van der Waals surface area contributed by atoms with Crippen molar-refractivity contribution in [1.82, 2.24) is 15.6 Å². The second kappa shape index (κ2) is 7.35. The lowest BCUT2D eigenvalue weighted by Crippen LogP contribution is -2.38. The lowest BCUT2D eigenvalue weighted by molar-refractivity contribution is -0.120. The normalized spacial score (nSPS) is 12.4. The summed E-state index contributed by atoms with van der Waals surface area (Å²) in [5.74, 6) is 0.0514. The van der Waals surface area contributed by atoms with Crippen LogP contribution in [0.15, 0.2) is 10.9 Å². The fourth-order valence-corrected chi connectivity index (χ4v) is 1.76. The van der Waals surface area contributed by atoms with E-state index in [9.17, 15) is 4.79 Å². The molecular weight excluding hydrogens is 222 g/mol. The molecule has 0 aromatic carbocycles. The van der Waals surface area contributed by atoms with Crippen molar-refractivity contribution in [2.24, 2.45) is 0 Å². The van der Waals surface area contributed by atoms with E-state index in [-0.39, 0.29) is 5.91 Å². The van der Waals surface area contributed by atoms with Crippen LogP contribution in [0.4, 0.5) is 0 Å². The first-order chi connectivity index (χ1) is 7.72. The summed E-state index contributed by atoms with van der Waals surface area (Å²) in [6, 6.07) is 0.393. The lowest BCUT2D eigenvalue weighted by atomic mass is 10.2. The maximum Gasteiger partial charge on any atom is 0.233 e. The van der Waals surface area contributed by atoms with Gasteiger partial charge in [-0.15, -0.1) is 11.3 Å². The third-order valence-corrected chi connectivity index (χ3v) is 3.05. The molecule has 1 aromatic rings. The van der Waals surface area contributed by atoms with Crippen LogP contribution in [0.5, 0.6) is 0 Å². The quantitative estimate of drug-likeness (QED) is 0.754. The maximum absolute atomic E-state index is 11.4. The zero-order valence-corrected chi connectivity index (χ0v) is 10.6. The standard InChI is InChI=1S/C11H19N3OS/c1-3-9(2)13-6-11(15)12-5-4-10-7-16-8-14-10/h7-9,13H,3-6H2,1-2H3,(H,12,15). The SMILES string of the molecule is CCC(C)NCC(=O)NCCc1cscn1. The maximum atomic E-state index is 11.4. The number of carbonyl (C=O) groups is 1. The molecule has 0 spiro atoms. The van der Waals surface area contributed by atoms with Crippen molar-refractivity contribution in [1.29, 1.82) is 0 Å². The van der Waals surface area contributed by atoms with Crippen molar-refractivity contribution in [2.45, 2.75) is 32.7 Å². The first-order valence-electron chi connectivity index (χ1n) is 5.59. The van der Waals surface area contributed by atoms with Gasteiger partial charge in [0.1, 0.15) is 0 Å². The van der Waals surface area contributed by atoms with Crippen LogP contribution in [-0.2, 0) is 11.2 Å². The number of carbonyl (C=O) groups excluding carboxylic acids is 1. The van der Waals surface area contributed by atoms with Gasteiger partial charge in [0.25, 0.3) is 0 Å². The van der Waals surface area contributed by atoms with Crippen LogP contribution in [0, 0.1) is 0 Å². The third kappa shape index (κ3) is 5.23. The molecule has 1 aromatic heterocycles.